The van der Waals surface area contributed by atoms with Crippen molar-refractivity contribution in [3.05, 3.63) is 70.9 Å². The minimum atomic E-state index is -0.316. The van der Waals surface area contributed by atoms with Crippen molar-refractivity contribution >= 4 is 39.7 Å². The molecule has 1 aromatic heterocycles. The van der Waals surface area contributed by atoms with E-state index >= 15 is 0 Å². The van der Waals surface area contributed by atoms with Crippen LogP contribution in [-0.4, -0.2) is 79.2 Å². The molecule has 9 nitrogen and oxygen atoms in total. The van der Waals surface area contributed by atoms with Gasteiger partial charge in [0.05, 0.1) is 41.5 Å². The minimum Gasteiger partial charge on any atom is -0.475 e. The zero-order valence-electron chi connectivity index (χ0n) is 25.0. The van der Waals surface area contributed by atoms with Crippen LogP contribution in [0, 0.1) is 22.7 Å². The molecule has 0 aliphatic carbocycles. The van der Waals surface area contributed by atoms with Crippen LogP contribution < -0.4 is 14.5 Å². The average molecular weight is 610 g/mol. The second kappa shape index (κ2) is 12.7. The SMILES string of the molecule is C=CC(=O)N1CCN(c2c(C#N)c(OC[C@@H]3CCCN3C)nc3c2CCN(c2cccc4cccc(Cl)c24)C3)C[C@@H]1CC#N. The summed E-state index contributed by atoms with van der Waals surface area (Å²) in [5.74, 6) is 0.164. The lowest BCUT2D eigenvalue weighted by atomic mass is 9.96. The fraction of sp³-hybridized carbons (Fsp3) is 0.412. The normalized spacial score (nSPS) is 20.2. The Balaban J connectivity index is 1.41. The summed E-state index contributed by atoms with van der Waals surface area (Å²) >= 11 is 6.71. The lowest BCUT2D eigenvalue weighted by Crippen LogP contribution is -2.55. The number of halogens is 1. The molecule has 2 saturated heterocycles. The third-order valence-electron chi connectivity index (χ3n) is 9.25. The minimum absolute atomic E-state index is 0.184. The van der Waals surface area contributed by atoms with Crippen molar-refractivity contribution in [2.24, 2.45) is 0 Å². The van der Waals surface area contributed by atoms with Crippen molar-refractivity contribution in [2.75, 3.05) is 56.2 Å². The Labute approximate surface area is 263 Å². The topological polar surface area (TPSA) is 99.7 Å². The van der Waals surface area contributed by atoms with Crippen molar-refractivity contribution in [3.8, 4) is 18.0 Å². The molecule has 2 atom stereocenters. The summed E-state index contributed by atoms with van der Waals surface area (Å²) in [6.45, 7) is 7.79. The predicted molar refractivity (Wildman–Crippen MR) is 172 cm³/mol. The fourth-order valence-electron chi connectivity index (χ4n) is 6.95. The number of carbonyl (C=O) groups is 1. The highest BCUT2D eigenvalue weighted by Gasteiger charge is 2.35. The molecule has 0 bridgehead atoms. The summed E-state index contributed by atoms with van der Waals surface area (Å²) in [7, 11) is 2.10. The Morgan fingerprint density at radius 3 is 2.68 bits per heavy atom. The second-order valence-electron chi connectivity index (χ2n) is 11.7. The number of nitrogens with zero attached hydrogens (tertiary/aromatic N) is 7. The molecule has 4 heterocycles. The predicted octanol–water partition coefficient (Wildman–Crippen LogP) is 4.91. The molecule has 0 N–H and O–H groups in total. The van der Waals surface area contributed by atoms with Crippen LogP contribution in [0.25, 0.3) is 10.8 Å². The number of likely N-dealkylation sites (N-methyl/N-ethyl adjacent to an activating group) is 1. The maximum Gasteiger partial charge on any atom is 0.246 e. The van der Waals surface area contributed by atoms with Gasteiger partial charge in [0.2, 0.25) is 11.8 Å². The number of ether oxygens (including phenoxy) is 1. The Kier molecular flexibility index (Phi) is 8.61. The molecule has 0 spiro atoms. The molecule has 44 heavy (non-hydrogen) atoms. The van der Waals surface area contributed by atoms with Gasteiger partial charge in [0.15, 0.2) is 0 Å². The lowest BCUT2D eigenvalue weighted by molar-refractivity contribution is -0.128. The van der Waals surface area contributed by atoms with Crippen LogP contribution in [0.15, 0.2) is 49.1 Å². The molecule has 2 fully saturated rings. The van der Waals surface area contributed by atoms with E-state index in [1.165, 1.54) is 6.08 Å². The summed E-state index contributed by atoms with van der Waals surface area (Å²) in [5.41, 5.74) is 4.17. The molecular formula is C34H36ClN7O2. The van der Waals surface area contributed by atoms with E-state index in [2.05, 4.69) is 58.7 Å². The molecule has 3 aromatic rings. The van der Waals surface area contributed by atoms with Crippen LogP contribution in [0.2, 0.25) is 5.02 Å². The summed E-state index contributed by atoms with van der Waals surface area (Å²) in [4.78, 5) is 26.1. The van der Waals surface area contributed by atoms with Crippen LogP contribution in [0.5, 0.6) is 5.88 Å². The zero-order valence-corrected chi connectivity index (χ0v) is 25.8. The number of fused-ring (bicyclic) bond motifs is 2. The quantitative estimate of drug-likeness (QED) is 0.348. The lowest BCUT2D eigenvalue weighted by Gasteiger charge is -2.43. The molecule has 1 amide bonds. The van der Waals surface area contributed by atoms with Crippen molar-refractivity contribution < 1.29 is 9.53 Å². The summed E-state index contributed by atoms with van der Waals surface area (Å²) in [5, 5.41) is 22.9. The van der Waals surface area contributed by atoms with Crippen LogP contribution in [0.1, 0.15) is 36.1 Å². The molecule has 0 radical (unpaired) electrons. The first-order chi connectivity index (χ1) is 21.4. The van der Waals surface area contributed by atoms with Gasteiger partial charge in [-0.3, -0.25) is 4.79 Å². The van der Waals surface area contributed by atoms with E-state index in [1.54, 1.807) is 4.90 Å². The number of likely N-dealkylation sites (tertiary alicyclic amines) is 1. The van der Waals surface area contributed by atoms with Gasteiger partial charge in [-0.1, -0.05) is 42.4 Å². The van der Waals surface area contributed by atoms with Gasteiger partial charge >= 0.3 is 0 Å². The summed E-state index contributed by atoms with van der Waals surface area (Å²) in [6, 6.07) is 16.8. The maximum atomic E-state index is 12.6. The van der Waals surface area contributed by atoms with Crippen LogP contribution in [0.4, 0.5) is 11.4 Å². The second-order valence-corrected chi connectivity index (χ2v) is 12.2. The number of piperazine rings is 1. The van der Waals surface area contributed by atoms with E-state index < -0.39 is 0 Å². The standard InChI is InChI=1S/C34H36ClN7O2/c1-3-31(43)42-18-17-41(20-24(42)12-14-36)33-26-13-16-40(30-11-5-8-23-7-4-10-28(35)32(23)30)21-29(26)38-34(27(33)19-37)44-22-25-9-6-15-39(25)2/h3-5,7-8,10-11,24-25H,1,6,9,12-13,15-18,20-22H2,2H3/t24-,25-/m0/s1. The summed E-state index contributed by atoms with van der Waals surface area (Å²) < 4.78 is 6.39. The fourth-order valence-corrected chi connectivity index (χ4v) is 7.22. The van der Waals surface area contributed by atoms with E-state index in [0.29, 0.717) is 55.7 Å². The number of hydrogen-bond acceptors (Lipinski definition) is 8. The largest absolute Gasteiger partial charge is 0.475 e. The van der Waals surface area contributed by atoms with Crippen LogP contribution in [0.3, 0.4) is 0 Å². The third-order valence-corrected chi connectivity index (χ3v) is 9.56. The monoisotopic (exact) mass is 609 g/mol. The molecule has 226 valence electrons. The van der Waals surface area contributed by atoms with Crippen LogP contribution >= 0.6 is 11.6 Å². The molecule has 0 saturated carbocycles. The van der Waals surface area contributed by atoms with E-state index in [4.69, 9.17) is 21.3 Å². The molecule has 10 heteroatoms. The number of aromatic nitrogens is 1. The van der Waals surface area contributed by atoms with Crippen molar-refractivity contribution in [2.45, 2.75) is 44.3 Å². The van der Waals surface area contributed by atoms with E-state index in [-0.39, 0.29) is 24.4 Å². The van der Waals surface area contributed by atoms with Crippen molar-refractivity contribution in [3.63, 3.8) is 0 Å². The first-order valence-corrected chi connectivity index (χ1v) is 15.6. The molecular weight excluding hydrogens is 574 g/mol. The Morgan fingerprint density at radius 2 is 1.95 bits per heavy atom. The van der Waals surface area contributed by atoms with Gasteiger partial charge in [-0.15, -0.1) is 0 Å². The molecule has 0 unspecified atom stereocenters. The average Bonchev–Trinajstić information content (AvgIpc) is 3.46. The Hall–Kier alpha value is -4.31. The maximum absolute atomic E-state index is 12.6. The Morgan fingerprint density at radius 1 is 1.14 bits per heavy atom. The first kappa shape index (κ1) is 29.7. The number of anilines is 2. The van der Waals surface area contributed by atoms with Crippen molar-refractivity contribution in [1.82, 2.24) is 14.8 Å². The van der Waals surface area contributed by atoms with E-state index in [0.717, 1.165) is 59.3 Å². The molecule has 2 aromatic carbocycles. The highest BCUT2D eigenvalue weighted by molar-refractivity contribution is 6.36. The molecule has 3 aliphatic heterocycles. The van der Waals surface area contributed by atoms with Gasteiger partial charge in [0, 0.05) is 48.9 Å². The van der Waals surface area contributed by atoms with Crippen molar-refractivity contribution in [1.29, 1.82) is 10.5 Å². The van der Waals surface area contributed by atoms with Gasteiger partial charge in [0.25, 0.3) is 0 Å². The highest BCUT2D eigenvalue weighted by Crippen LogP contribution is 2.40. The summed E-state index contributed by atoms with van der Waals surface area (Å²) in [6.07, 6.45) is 4.33. The molecule has 3 aliphatic rings. The smallest absolute Gasteiger partial charge is 0.246 e. The number of hydrogen-bond donors (Lipinski definition) is 0. The molecule has 6 rings (SSSR count). The number of amides is 1. The third kappa shape index (κ3) is 5.54. The number of pyridine rings is 1. The van der Waals surface area contributed by atoms with Gasteiger partial charge < -0.3 is 24.3 Å². The zero-order chi connectivity index (χ0) is 30.8. The van der Waals surface area contributed by atoms with E-state index in [1.807, 2.05) is 18.2 Å². The first-order valence-electron chi connectivity index (χ1n) is 15.2. The van der Waals surface area contributed by atoms with Crippen LogP contribution in [-0.2, 0) is 17.8 Å². The number of carbonyl (C=O) groups excluding carboxylic acids is 1. The Bertz CT molecular complexity index is 1670. The number of rotatable bonds is 7. The number of nitriles is 2. The van der Waals surface area contributed by atoms with Gasteiger partial charge in [-0.2, -0.15) is 10.5 Å². The van der Waals surface area contributed by atoms with Gasteiger partial charge in [-0.05, 0) is 56.4 Å². The highest BCUT2D eigenvalue weighted by atomic mass is 35.5. The number of benzene rings is 2. The van der Waals surface area contributed by atoms with Gasteiger partial charge in [-0.25, -0.2) is 4.98 Å². The van der Waals surface area contributed by atoms with Gasteiger partial charge in [0.1, 0.15) is 18.2 Å². The van der Waals surface area contributed by atoms with E-state index in [9.17, 15) is 15.3 Å².